The van der Waals surface area contributed by atoms with Crippen molar-refractivity contribution < 1.29 is 0 Å². The topological polar surface area (TPSA) is 92.9 Å². The van der Waals surface area contributed by atoms with Crippen molar-refractivity contribution in [2.24, 2.45) is 5.73 Å². The number of aromatic amines is 1. The Balaban J connectivity index is 2.38. The molecular weight excluding hydrogens is 196 g/mol. The summed E-state index contributed by atoms with van der Waals surface area (Å²) in [5.74, 6) is 0. The maximum absolute atomic E-state index is 11.2. The van der Waals surface area contributed by atoms with Gasteiger partial charge in [0, 0.05) is 25.4 Å². The van der Waals surface area contributed by atoms with E-state index in [2.05, 4.69) is 10.3 Å². The van der Waals surface area contributed by atoms with Crippen LogP contribution in [0.5, 0.6) is 0 Å². The van der Waals surface area contributed by atoms with E-state index in [4.69, 9.17) is 5.73 Å². The number of hydrogen-bond donors (Lipinski definition) is 3. The summed E-state index contributed by atoms with van der Waals surface area (Å²) in [6.45, 7) is 2.73. The minimum atomic E-state index is -0.372. The van der Waals surface area contributed by atoms with E-state index in [-0.39, 0.29) is 11.2 Å². The van der Waals surface area contributed by atoms with Gasteiger partial charge in [-0.05, 0) is 19.5 Å². The van der Waals surface area contributed by atoms with Crippen molar-refractivity contribution in [3.63, 3.8) is 0 Å². The predicted octanol–water partition coefficient (Wildman–Crippen LogP) is -1.52. The Kier molecular flexibility index (Phi) is 4.79. The van der Waals surface area contributed by atoms with Gasteiger partial charge in [-0.3, -0.25) is 14.3 Å². The molecule has 15 heavy (non-hydrogen) atoms. The molecule has 1 aromatic rings. The van der Waals surface area contributed by atoms with E-state index in [1.165, 1.54) is 16.8 Å². The van der Waals surface area contributed by atoms with Crippen LogP contribution in [0.25, 0.3) is 0 Å². The molecule has 0 aliphatic heterocycles. The largest absolute Gasteiger partial charge is 0.330 e. The second-order valence-electron chi connectivity index (χ2n) is 3.20. The molecule has 0 atom stereocenters. The van der Waals surface area contributed by atoms with Crippen LogP contribution in [0.1, 0.15) is 6.42 Å². The Morgan fingerprint density at radius 1 is 1.40 bits per heavy atom. The fourth-order valence-electron chi connectivity index (χ4n) is 1.17. The van der Waals surface area contributed by atoms with E-state index in [0.29, 0.717) is 19.6 Å². The van der Waals surface area contributed by atoms with E-state index in [9.17, 15) is 9.59 Å². The van der Waals surface area contributed by atoms with E-state index in [1.807, 2.05) is 0 Å². The Bertz CT molecular complexity index is 396. The SMILES string of the molecule is NCCCNCCn1ccc(=O)[nH]c1=O. The first-order valence-electron chi connectivity index (χ1n) is 4.94. The van der Waals surface area contributed by atoms with Gasteiger partial charge in [-0.1, -0.05) is 0 Å². The summed E-state index contributed by atoms with van der Waals surface area (Å²) in [6, 6.07) is 1.33. The van der Waals surface area contributed by atoms with Gasteiger partial charge in [-0.25, -0.2) is 4.79 Å². The fraction of sp³-hybridized carbons (Fsp3) is 0.556. The zero-order valence-electron chi connectivity index (χ0n) is 8.53. The van der Waals surface area contributed by atoms with E-state index in [0.717, 1.165) is 13.0 Å². The van der Waals surface area contributed by atoms with Gasteiger partial charge in [-0.15, -0.1) is 0 Å². The molecule has 0 spiro atoms. The van der Waals surface area contributed by atoms with E-state index in [1.54, 1.807) is 0 Å². The molecule has 1 heterocycles. The van der Waals surface area contributed by atoms with Gasteiger partial charge in [0.05, 0.1) is 0 Å². The molecule has 4 N–H and O–H groups in total. The average molecular weight is 212 g/mol. The highest BCUT2D eigenvalue weighted by Crippen LogP contribution is 1.76. The summed E-state index contributed by atoms with van der Waals surface area (Å²) in [6.07, 6.45) is 2.41. The molecule has 0 radical (unpaired) electrons. The van der Waals surface area contributed by atoms with Crippen LogP contribution >= 0.6 is 0 Å². The third kappa shape index (κ3) is 4.09. The lowest BCUT2D eigenvalue weighted by atomic mass is 10.4. The summed E-state index contributed by atoms with van der Waals surface area (Å²) in [7, 11) is 0. The van der Waals surface area contributed by atoms with Crippen molar-refractivity contribution in [3.8, 4) is 0 Å². The molecule has 0 aromatic carbocycles. The maximum atomic E-state index is 11.2. The van der Waals surface area contributed by atoms with Crippen LogP contribution in [0.15, 0.2) is 21.9 Å². The summed E-state index contributed by atoms with van der Waals surface area (Å²) >= 11 is 0. The minimum Gasteiger partial charge on any atom is -0.330 e. The quantitative estimate of drug-likeness (QED) is 0.499. The molecule has 0 aliphatic carbocycles. The number of hydrogen-bond acceptors (Lipinski definition) is 4. The minimum absolute atomic E-state index is 0.368. The molecule has 0 bridgehead atoms. The molecule has 6 nitrogen and oxygen atoms in total. The number of rotatable bonds is 6. The zero-order valence-corrected chi connectivity index (χ0v) is 8.53. The molecule has 0 saturated carbocycles. The van der Waals surface area contributed by atoms with Crippen LogP contribution in [-0.2, 0) is 6.54 Å². The summed E-state index contributed by atoms with van der Waals surface area (Å²) < 4.78 is 1.46. The number of nitrogens with one attached hydrogen (secondary N) is 2. The van der Waals surface area contributed by atoms with Crippen molar-refractivity contribution >= 4 is 0 Å². The second-order valence-corrected chi connectivity index (χ2v) is 3.20. The second kappa shape index (κ2) is 6.15. The lowest BCUT2D eigenvalue weighted by molar-refractivity contribution is 0.566. The fourth-order valence-corrected chi connectivity index (χ4v) is 1.17. The van der Waals surface area contributed by atoms with Crippen LogP contribution in [-0.4, -0.2) is 29.2 Å². The van der Waals surface area contributed by atoms with Crippen LogP contribution in [0, 0.1) is 0 Å². The Morgan fingerprint density at radius 3 is 2.87 bits per heavy atom. The van der Waals surface area contributed by atoms with Crippen LogP contribution in [0.3, 0.4) is 0 Å². The predicted molar refractivity (Wildman–Crippen MR) is 57.9 cm³/mol. The van der Waals surface area contributed by atoms with Gasteiger partial charge in [0.1, 0.15) is 0 Å². The smallest absolute Gasteiger partial charge is 0.328 e. The molecule has 6 heteroatoms. The van der Waals surface area contributed by atoms with Crippen molar-refractivity contribution in [1.82, 2.24) is 14.9 Å². The van der Waals surface area contributed by atoms with Crippen LogP contribution in [0.2, 0.25) is 0 Å². The third-order valence-corrected chi connectivity index (χ3v) is 1.98. The third-order valence-electron chi connectivity index (χ3n) is 1.98. The standard InChI is InChI=1S/C9H16N4O2/c10-3-1-4-11-5-7-13-6-2-8(14)12-9(13)15/h2,6,11H,1,3-5,7,10H2,(H,12,14,15). The van der Waals surface area contributed by atoms with Gasteiger partial charge in [0.2, 0.25) is 0 Å². The molecule has 0 saturated heterocycles. The summed E-state index contributed by atoms with van der Waals surface area (Å²) in [5, 5.41) is 3.14. The monoisotopic (exact) mass is 212 g/mol. The van der Waals surface area contributed by atoms with Crippen molar-refractivity contribution in [2.75, 3.05) is 19.6 Å². The molecular formula is C9H16N4O2. The molecule has 0 amide bonds. The van der Waals surface area contributed by atoms with Gasteiger partial charge in [0.15, 0.2) is 0 Å². The molecule has 0 aliphatic rings. The van der Waals surface area contributed by atoms with Crippen molar-refractivity contribution in [1.29, 1.82) is 0 Å². The Labute approximate surface area is 87.1 Å². The first kappa shape index (κ1) is 11.7. The van der Waals surface area contributed by atoms with Crippen LogP contribution < -0.4 is 22.3 Å². The van der Waals surface area contributed by atoms with Gasteiger partial charge in [-0.2, -0.15) is 0 Å². The highest BCUT2D eigenvalue weighted by Gasteiger charge is 1.95. The lowest BCUT2D eigenvalue weighted by Crippen LogP contribution is -2.32. The molecule has 0 unspecified atom stereocenters. The Hall–Kier alpha value is -1.40. The molecule has 1 aromatic heterocycles. The summed E-state index contributed by atoms with van der Waals surface area (Å²) in [4.78, 5) is 24.2. The van der Waals surface area contributed by atoms with Crippen molar-refractivity contribution in [2.45, 2.75) is 13.0 Å². The van der Waals surface area contributed by atoms with E-state index < -0.39 is 0 Å². The van der Waals surface area contributed by atoms with Crippen LogP contribution in [0.4, 0.5) is 0 Å². The number of H-pyrrole nitrogens is 1. The molecule has 1 rings (SSSR count). The number of aromatic nitrogens is 2. The normalized spacial score (nSPS) is 10.5. The maximum Gasteiger partial charge on any atom is 0.328 e. The molecule has 84 valence electrons. The zero-order chi connectivity index (χ0) is 11.1. The number of nitrogens with two attached hydrogens (primary N) is 1. The van der Waals surface area contributed by atoms with Gasteiger partial charge in [0.25, 0.3) is 5.56 Å². The first-order valence-corrected chi connectivity index (χ1v) is 4.94. The van der Waals surface area contributed by atoms with Crippen molar-refractivity contribution in [3.05, 3.63) is 33.1 Å². The van der Waals surface area contributed by atoms with Gasteiger partial charge >= 0.3 is 5.69 Å². The van der Waals surface area contributed by atoms with E-state index >= 15 is 0 Å². The highest BCUT2D eigenvalue weighted by atomic mass is 16.2. The molecule has 0 fully saturated rings. The summed E-state index contributed by atoms with van der Waals surface area (Å²) in [5.41, 5.74) is 4.59. The Morgan fingerprint density at radius 2 is 2.20 bits per heavy atom. The first-order chi connectivity index (χ1) is 7.24. The number of nitrogens with zero attached hydrogens (tertiary/aromatic N) is 1. The average Bonchev–Trinajstić information content (AvgIpc) is 2.20. The lowest BCUT2D eigenvalue weighted by Gasteiger charge is -2.05. The highest BCUT2D eigenvalue weighted by molar-refractivity contribution is 4.82. The van der Waals surface area contributed by atoms with Gasteiger partial charge < -0.3 is 11.1 Å².